The van der Waals surface area contributed by atoms with Crippen LogP contribution in [0.2, 0.25) is 0 Å². The van der Waals surface area contributed by atoms with Crippen LogP contribution < -0.4 is 3.53 Å². The second kappa shape index (κ2) is 6.95. The van der Waals surface area contributed by atoms with Crippen LogP contribution in [0.15, 0.2) is 0 Å². The molecule has 0 aromatic heterocycles. The highest BCUT2D eigenvalue weighted by Crippen LogP contribution is 2.40. The van der Waals surface area contributed by atoms with E-state index in [1.807, 2.05) is 22.9 Å². The molecule has 0 saturated heterocycles. The number of hydrogen-bond acceptors (Lipinski definition) is 1. The summed E-state index contributed by atoms with van der Waals surface area (Å²) < 4.78 is 2.89. The molecule has 2 fully saturated rings. The van der Waals surface area contributed by atoms with Crippen molar-refractivity contribution in [1.29, 1.82) is 0 Å². The number of amides is 1. The van der Waals surface area contributed by atoms with Gasteiger partial charge in [-0.15, -0.1) is 0 Å². The largest absolute Gasteiger partial charge is 0.299 e. The van der Waals surface area contributed by atoms with Crippen molar-refractivity contribution in [3.8, 4) is 0 Å². The molecule has 2 nitrogen and oxygen atoms in total. The molecule has 98 valence electrons. The summed E-state index contributed by atoms with van der Waals surface area (Å²) in [6, 6.07) is 0. The number of halogens is 1. The molecular weight excluding hydrogens is 325 g/mol. The summed E-state index contributed by atoms with van der Waals surface area (Å²) in [5.74, 6) is 1.96. The lowest BCUT2D eigenvalue weighted by Crippen LogP contribution is -2.37. The van der Waals surface area contributed by atoms with Crippen LogP contribution in [-0.2, 0) is 4.79 Å². The van der Waals surface area contributed by atoms with E-state index in [4.69, 9.17) is 0 Å². The molecule has 0 atom stereocenters. The first-order valence-electron chi connectivity index (χ1n) is 7.23. The lowest BCUT2D eigenvalue weighted by molar-refractivity contribution is -0.127. The van der Waals surface area contributed by atoms with Crippen LogP contribution in [0.1, 0.15) is 64.2 Å². The third kappa shape index (κ3) is 3.58. The average molecular weight is 349 g/mol. The van der Waals surface area contributed by atoms with Crippen LogP contribution in [0, 0.1) is 17.8 Å². The van der Waals surface area contributed by atoms with E-state index in [-0.39, 0.29) is 0 Å². The molecule has 0 aromatic rings. The monoisotopic (exact) mass is 349 g/mol. The molecule has 0 unspecified atom stereocenters. The highest BCUT2D eigenvalue weighted by Gasteiger charge is 2.35. The molecule has 0 bridgehead atoms. The highest BCUT2D eigenvalue weighted by molar-refractivity contribution is 14.1. The first-order chi connectivity index (χ1) is 8.33. The summed E-state index contributed by atoms with van der Waals surface area (Å²) in [7, 11) is 0. The van der Waals surface area contributed by atoms with E-state index < -0.39 is 0 Å². The first-order valence-corrected chi connectivity index (χ1v) is 8.31. The zero-order valence-electron chi connectivity index (χ0n) is 10.6. The number of hydrogen-bond donors (Lipinski definition) is 1. The van der Waals surface area contributed by atoms with Gasteiger partial charge in [0.15, 0.2) is 0 Å². The van der Waals surface area contributed by atoms with Crippen molar-refractivity contribution in [2.45, 2.75) is 64.2 Å². The Balaban J connectivity index is 2.02. The Morgan fingerprint density at radius 2 is 1.29 bits per heavy atom. The molecule has 0 spiro atoms. The summed E-state index contributed by atoms with van der Waals surface area (Å²) in [6.07, 6.45) is 13.2. The topological polar surface area (TPSA) is 29.1 Å². The minimum Gasteiger partial charge on any atom is -0.299 e. The van der Waals surface area contributed by atoms with Crippen LogP contribution in [0.25, 0.3) is 0 Å². The second-order valence-corrected chi connectivity index (χ2v) is 6.32. The molecular formula is C14H24INO. The maximum Gasteiger partial charge on any atom is 0.232 e. The molecule has 0 aromatic carbocycles. The maximum absolute atomic E-state index is 12.2. The second-order valence-electron chi connectivity index (χ2n) is 5.78. The van der Waals surface area contributed by atoms with Crippen LogP contribution >= 0.6 is 22.9 Å². The van der Waals surface area contributed by atoms with Crippen LogP contribution in [0.4, 0.5) is 0 Å². The molecule has 2 aliphatic carbocycles. The SMILES string of the molecule is O=C(NI)C(C1CCCCC1)C1CCCCC1. The van der Waals surface area contributed by atoms with Crippen molar-refractivity contribution < 1.29 is 4.79 Å². The van der Waals surface area contributed by atoms with E-state index in [1.54, 1.807) is 0 Å². The van der Waals surface area contributed by atoms with Gasteiger partial charge in [-0.05, 0) is 37.5 Å². The predicted molar refractivity (Wildman–Crippen MR) is 78.8 cm³/mol. The first kappa shape index (κ1) is 13.6. The van der Waals surface area contributed by atoms with E-state index >= 15 is 0 Å². The third-order valence-electron chi connectivity index (χ3n) is 4.71. The smallest absolute Gasteiger partial charge is 0.232 e. The fourth-order valence-corrected chi connectivity index (χ4v) is 4.22. The fourth-order valence-electron chi connectivity index (χ4n) is 3.86. The molecule has 17 heavy (non-hydrogen) atoms. The molecule has 0 radical (unpaired) electrons. The lowest BCUT2D eigenvalue weighted by atomic mass is 9.69. The summed E-state index contributed by atoms with van der Waals surface area (Å²) in [5, 5.41) is 0. The van der Waals surface area contributed by atoms with Gasteiger partial charge in [0.25, 0.3) is 0 Å². The highest BCUT2D eigenvalue weighted by atomic mass is 127. The Bertz CT molecular complexity index is 227. The van der Waals surface area contributed by atoms with Gasteiger partial charge in [-0.2, -0.15) is 0 Å². The van der Waals surface area contributed by atoms with Crippen LogP contribution in [0.3, 0.4) is 0 Å². The molecule has 2 saturated carbocycles. The maximum atomic E-state index is 12.2. The molecule has 0 heterocycles. The number of carbonyl (C=O) groups is 1. The quantitative estimate of drug-likeness (QED) is 0.600. The van der Waals surface area contributed by atoms with Crippen molar-refractivity contribution in [3.05, 3.63) is 0 Å². The summed E-state index contributed by atoms with van der Waals surface area (Å²) >= 11 is 2.02. The minimum absolute atomic E-state index is 0.310. The number of rotatable bonds is 3. The number of carbonyl (C=O) groups excluding carboxylic acids is 1. The lowest BCUT2D eigenvalue weighted by Gasteiger charge is -2.36. The van der Waals surface area contributed by atoms with E-state index in [0.717, 1.165) is 0 Å². The van der Waals surface area contributed by atoms with Crippen molar-refractivity contribution in [1.82, 2.24) is 3.53 Å². The molecule has 3 heteroatoms. The van der Waals surface area contributed by atoms with Gasteiger partial charge in [0.2, 0.25) is 5.91 Å². The van der Waals surface area contributed by atoms with Gasteiger partial charge in [0.1, 0.15) is 0 Å². The van der Waals surface area contributed by atoms with Crippen LogP contribution in [0.5, 0.6) is 0 Å². The van der Waals surface area contributed by atoms with Crippen LogP contribution in [-0.4, -0.2) is 5.91 Å². The molecule has 2 aliphatic rings. The fraction of sp³-hybridized carbons (Fsp3) is 0.929. The number of nitrogens with one attached hydrogen (secondary N) is 1. The zero-order valence-corrected chi connectivity index (χ0v) is 12.7. The van der Waals surface area contributed by atoms with Gasteiger partial charge in [-0.3, -0.25) is 8.32 Å². The Kier molecular flexibility index (Phi) is 5.57. The van der Waals surface area contributed by atoms with Gasteiger partial charge in [0, 0.05) is 5.92 Å². The Hall–Kier alpha value is 0.200. The Morgan fingerprint density at radius 1 is 0.882 bits per heavy atom. The van der Waals surface area contributed by atoms with Crippen molar-refractivity contribution >= 4 is 28.8 Å². The molecule has 0 aliphatic heterocycles. The zero-order chi connectivity index (χ0) is 12.1. The van der Waals surface area contributed by atoms with Gasteiger partial charge in [-0.1, -0.05) is 38.5 Å². The van der Waals surface area contributed by atoms with E-state index in [1.165, 1.54) is 64.2 Å². The van der Waals surface area contributed by atoms with E-state index in [2.05, 4.69) is 3.53 Å². The van der Waals surface area contributed by atoms with Gasteiger partial charge < -0.3 is 0 Å². The Labute approximate surface area is 119 Å². The summed E-state index contributed by atoms with van der Waals surface area (Å²) in [4.78, 5) is 12.2. The minimum atomic E-state index is 0.310. The van der Waals surface area contributed by atoms with Crippen molar-refractivity contribution in [3.63, 3.8) is 0 Å². The van der Waals surface area contributed by atoms with Gasteiger partial charge in [-0.25, -0.2) is 0 Å². The Morgan fingerprint density at radius 3 is 1.65 bits per heavy atom. The molecule has 1 N–H and O–H groups in total. The van der Waals surface area contributed by atoms with E-state index in [9.17, 15) is 4.79 Å². The van der Waals surface area contributed by atoms with Gasteiger partial charge >= 0.3 is 0 Å². The molecule has 2 rings (SSSR count). The summed E-state index contributed by atoms with van der Waals surface area (Å²) in [5.41, 5.74) is 0. The van der Waals surface area contributed by atoms with Crippen molar-refractivity contribution in [2.75, 3.05) is 0 Å². The van der Waals surface area contributed by atoms with Gasteiger partial charge in [0.05, 0.1) is 22.9 Å². The molecule has 1 amide bonds. The standard InChI is InChI=1S/C14H24INO/c15-16-14(17)13(11-7-3-1-4-8-11)12-9-5-2-6-10-12/h11-13H,1-10H2,(H,16,17). The third-order valence-corrected chi connectivity index (χ3v) is 5.24. The van der Waals surface area contributed by atoms with E-state index in [0.29, 0.717) is 23.7 Å². The average Bonchev–Trinajstić information content (AvgIpc) is 2.41. The van der Waals surface area contributed by atoms with Crippen molar-refractivity contribution in [2.24, 2.45) is 17.8 Å². The summed E-state index contributed by atoms with van der Waals surface area (Å²) in [6.45, 7) is 0. The predicted octanol–water partition coefficient (Wildman–Crippen LogP) is 4.23. The normalized spacial score (nSPS) is 23.9.